The van der Waals surface area contributed by atoms with Crippen molar-refractivity contribution in [1.82, 2.24) is 0 Å². The lowest BCUT2D eigenvalue weighted by Gasteiger charge is -2.36. The van der Waals surface area contributed by atoms with E-state index < -0.39 is 0 Å². The van der Waals surface area contributed by atoms with Crippen molar-refractivity contribution >= 4 is 11.6 Å². The topological polar surface area (TPSA) is 9.23 Å². The minimum absolute atomic E-state index is 0.228. The van der Waals surface area contributed by atoms with Crippen molar-refractivity contribution in [3.05, 3.63) is 0 Å². The van der Waals surface area contributed by atoms with Gasteiger partial charge in [-0.2, -0.15) is 0 Å². The van der Waals surface area contributed by atoms with E-state index in [0.29, 0.717) is 5.92 Å². The average Bonchev–Trinajstić information content (AvgIpc) is 1.99. The number of methoxy groups -OCH3 is 1. The lowest BCUT2D eigenvalue weighted by atomic mass is 9.79. The summed E-state index contributed by atoms with van der Waals surface area (Å²) in [6.45, 7) is 4.51. The van der Waals surface area contributed by atoms with Gasteiger partial charge in [0, 0.05) is 7.11 Å². The normalized spacial score (nSPS) is 45.8. The lowest BCUT2D eigenvalue weighted by Crippen LogP contribution is -2.38. The van der Waals surface area contributed by atoms with Gasteiger partial charge in [0.25, 0.3) is 0 Å². The maximum absolute atomic E-state index is 6.12. The summed E-state index contributed by atoms with van der Waals surface area (Å²) in [5.41, 5.74) is 0. The Labute approximate surface area is 74.1 Å². The highest BCUT2D eigenvalue weighted by Gasteiger charge is 2.33. The molecule has 0 amide bonds. The highest BCUT2D eigenvalue weighted by Crippen LogP contribution is 2.34. The molecule has 0 N–H and O–H groups in total. The smallest absolute Gasteiger partial charge is 0.0762 e. The van der Waals surface area contributed by atoms with Crippen molar-refractivity contribution in [3.8, 4) is 0 Å². The summed E-state index contributed by atoms with van der Waals surface area (Å²) < 4.78 is 5.35. The molecule has 1 fully saturated rings. The monoisotopic (exact) mass is 176 g/mol. The predicted molar refractivity (Wildman–Crippen MR) is 48.0 cm³/mol. The molecule has 0 heterocycles. The summed E-state index contributed by atoms with van der Waals surface area (Å²) in [7, 11) is 1.76. The molecule has 66 valence electrons. The Morgan fingerprint density at radius 3 is 2.36 bits per heavy atom. The van der Waals surface area contributed by atoms with Gasteiger partial charge in [0.2, 0.25) is 0 Å². The van der Waals surface area contributed by atoms with E-state index >= 15 is 0 Å². The minimum Gasteiger partial charge on any atom is -0.380 e. The first-order valence-corrected chi connectivity index (χ1v) is 4.77. The van der Waals surface area contributed by atoms with E-state index in [1.807, 2.05) is 0 Å². The fraction of sp³-hybridized carbons (Fsp3) is 1.00. The molecule has 0 spiro atoms. The number of ether oxygens (including phenoxy) is 1. The maximum atomic E-state index is 6.12. The fourth-order valence-electron chi connectivity index (χ4n) is 1.86. The number of halogens is 1. The molecule has 1 rings (SSSR count). The summed E-state index contributed by atoms with van der Waals surface area (Å²) in [6.07, 6.45) is 2.61. The molecule has 0 aromatic heterocycles. The van der Waals surface area contributed by atoms with Gasteiger partial charge in [-0.1, -0.05) is 13.8 Å². The van der Waals surface area contributed by atoms with Crippen LogP contribution in [0.5, 0.6) is 0 Å². The van der Waals surface area contributed by atoms with Gasteiger partial charge < -0.3 is 4.74 Å². The second kappa shape index (κ2) is 3.77. The summed E-state index contributed by atoms with van der Waals surface area (Å²) in [6, 6.07) is 0. The van der Waals surface area contributed by atoms with Crippen LogP contribution in [0.1, 0.15) is 26.7 Å². The van der Waals surface area contributed by atoms with Crippen LogP contribution in [-0.4, -0.2) is 18.6 Å². The first-order valence-electron chi connectivity index (χ1n) is 4.33. The molecular weight excluding hydrogens is 160 g/mol. The van der Waals surface area contributed by atoms with Crippen molar-refractivity contribution in [3.63, 3.8) is 0 Å². The van der Waals surface area contributed by atoms with Crippen LogP contribution in [0.3, 0.4) is 0 Å². The highest BCUT2D eigenvalue weighted by molar-refractivity contribution is 6.21. The Morgan fingerprint density at radius 2 is 1.91 bits per heavy atom. The van der Waals surface area contributed by atoms with Gasteiger partial charge in [-0.3, -0.25) is 0 Å². The summed E-state index contributed by atoms with van der Waals surface area (Å²) in [4.78, 5) is 0. The van der Waals surface area contributed by atoms with E-state index in [9.17, 15) is 0 Å². The van der Waals surface area contributed by atoms with Crippen LogP contribution in [0, 0.1) is 11.8 Å². The fourth-order valence-corrected chi connectivity index (χ4v) is 2.32. The molecule has 1 aliphatic carbocycles. The van der Waals surface area contributed by atoms with Crippen LogP contribution in [0.2, 0.25) is 0 Å². The molecule has 1 nitrogen and oxygen atoms in total. The zero-order valence-electron chi connectivity index (χ0n) is 7.51. The standard InChI is InChI=1S/C9H17ClO/c1-6-4-5-8(10)9(11-3)7(6)2/h6-9H,4-5H2,1-3H3. The molecule has 4 unspecified atom stereocenters. The van der Waals surface area contributed by atoms with Gasteiger partial charge in [-0.05, 0) is 24.7 Å². The SMILES string of the molecule is COC1C(Cl)CCC(C)C1C. The molecule has 0 radical (unpaired) electrons. The van der Waals surface area contributed by atoms with Crippen molar-refractivity contribution < 1.29 is 4.74 Å². The molecule has 0 saturated heterocycles. The van der Waals surface area contributed by atoms with Gasteiger partial charge >= 0.3 is 0 Å². The molecule has 1 saturated carbocycles. The quantitative estimate of drug-likeness (QED) is 0.559. The van der Waals surface area contributed by atoms with Gasteiger partial charge in [0.1, 0.15) is 0 Å². The zero-order valence-corrected chi connectivity index (χ0v) is 8.27. The van der Waals surface area contributed by atoms with Crippen LogP contribution in [0.15, 0.2) is 0 Å². The predicted octanol–water partition coefficient (Wildman–Crippen LogP) is 2.67. The molecule has 0 bridgehead atoms. The molecule has 2 heteroatoms. The molecule has 0 aromatic carbocycles. The molecule has 0 aliphatic heterocycles. The molecule has 11 heavy (non-hydrogen) atoms. The van der Waals surface area contributed by atoms with Crippen LogP contribution < -0.4 is 0 Å². The van der Waals surface area contributed by atoms with E-state index in [1.165, 1.54) is 6.42 Å². The van der Waals surface area contributed by atoms with Crippen LogP contribution in [-0.2, 0) is 4.74 Å². The number of hydrogen-bond acceptors (Lipinski definition) is 1. The summed E-state index contributed by atoms with van der Waals surface area (Å²) in [5.74, 6) is 1.37. The molecule has 0 aromatic rings. The second-order valence-electron chi connectivity index (χ2n) is 3.63. The molecule has 4 atom stereocenters. The van der Waals surface area contributed by atoms with Crippen LogP contribution >= 0.6 is 11.6 Å². The van der Waals surface area contributed by atoms with E-state index in [2.05, 4.69) is 13.8 Å². The Balaban J connectivity index is 2.55. The third kappa shape index (κ3) is 1.88. The Kier molecular flexibility index (Phi) is 3.20. The molecular formula is C9H17ClO. The molecule has 1 aliphatic rings. The second-order valence-corrected chi connectivity index (χ2v) is 4.19. The third-order valence-electron chi connectivity index (χ3n) is 2.94. The van der Waals surface area contributed by atoms with E-state index in [0.717, 1.165) is 12.3 Å². The first kappa shape index (κ1) is 9.34. The van der Waals surface area contributed by atoms with E-state index in [4.69, 9.17) is 16.3 Å². The van der Waals surface area contributed by atoms with E-state index in [1.54, 1.807) is 7.11 Å². The zero-order chi connectivity index (χ0) is 8.43. The summed E-state index contributed by atoms with van der Waals surface area (Å²) in [5, 5.41) is 0.228. The van der Waals surface area contributed by atoms with Gasteiger partial charge in [0.05, 0.1) is 11.5 Å². The van der Waals surface area contributed by atoms with Crippen molar-refractivity contribution in [2.75, 3.05) is 7.11 Å². The average molecular weight is 177 g/mol. The van der Waals surface area contributed by atoms with Gasteiger partial charge in [-0.15, -0.1) is 11.6 Å². The van der Waals surface area contributed by atoms with Crippen molar-refractivity contribution in [2.24, 2.45) is 11.8 Å². The van der Waals surface area contributed by atoms with E-state index in [-0.39, 0.29) is 11.5 Å². The Morgan fingerprint density at radius 1 is 1.27 bits per heavy atom. The highest BCUT2D eigenvalue weighted by atomic mass is 35.5. The minimum atomic E-state index is 0.228. The van der Waals surface area contributed by atoms with Crippen LogP contribution in [0.25, 0.3) is 0 Å². The third-order valence-corrected chi connectivity index (χ3v) is 3.41. The number of hydrogen-bond donors (Lipinski definition) is 0. The van der Waals surface area contributed by atoms with Gasteiger partial charge in [-0.25, -0.2) is 0 Å². The maximum Gasteiger partial charge on any atom is 0.0762 e. The first-order chi connectivity index (χ1) is 5.16. The Bertz CT molecular complexity index is 127. The van der Waals surface area contributed by atoms with Crippen LogP contribution in [0.4, 0.5) is 0 Å². The summed E-state index contributed by atoms with van der Waals surface area (Å²) >= 11 is 6.12. The lowest BCUT2D eigenvalue weighted by molar-refractivity contribution is 0.0114. The van der Waals surface area contributed by atoms with Gasteiger partial charge in [0.15, 0.2) is 0 Å². The van der Waals surface area contributed by atoms with Crippen molar-refractivity contribution in [2.45, 2.75) is 38.2 Å². The Hall–Kier alpha value is 0.250. The number of rotatable bonds is 1. The number of alkyl halides is 1. The largest absolute Gasteiger partial charge is 0.380 e. The van der Waals surface area contributed by atoms with Crippen molar-refractivity contribution in [1.29, 1.82) is 0 Å².